The molecule has 0 aliphatic carbocycles. The SMILES string of the molecule is CC(CC(C(=O)Nc1ccc(C(N)=O)cc1)n1cc2c(cc1=O)-c1c(ccc(Cl)c1F)CC(C(F)(F)F)CO2)OC(F)F. The summed E-state index contributed by atoms with van der Waals surface area (Å²) in [5, 5.41) is 2.09. The van der Waals surface area contributed by atoms with Crippen molar-refractivity contribution in [2.24, 2.45) is 11.7 Å². The second kappa shape index (κ2) is 12.7. The predicted molar refractivity (Wildman–Crippen MR) is 144 cm³/mol. The van der Waals surface area contributed by atoms with E-state index in [9.17, 15) is 36.3 Å². The number of fused-ring (bicyclic) bond motifs is 3. The number of amides is 2. The number of halogens is 7. The summed E-state index contributed by atoms with van der Waals surface area (Å²) in [4.78, 5) is 38.1. The summed E-state index contributed by atoms with van der Waals surface area (Å²) in [6.07, 6.45) is -6.23. The van der Waals surface area contributed by atoms with E-state index in [1.165, 1.54) is 37.3 Å². The molecule has 3 aromatic rings. The van der Waals surface area contributed by atoms with Crippen LogP contribution in [-0.2, 0) is 16.0 Å². The van der Waals surface area contributed by atoms with Crippen LogP contribution in [0.5, 0.6) is 5.75 Å². The van der Waals surface area contributed by atoms with E-state index < -0.39 is 78.5 Å². The first-order valence-corrected chi connectivity index (χ1v) is 13.1. The Morgan fingerprint density at radius 1 is 1.19 bits per heavy atom. The van der Waals surface area contributed by atoms with Crippen LogP contribution in [-0.4, -0.2) is 41.9 Å². The number of nitrogens with zero attached hydrogens (tertiary/aromatic N) is 1. The molecule has 230 valence electrons. The number of benzene rings is 2. The summed E-state index contributed by atoms with van der Waals surface area (Å²) >= 11 is 5.92. The van der Waals surface area contributed by atoms with E-state index in [-0.39, 0.29) is 33.7 Å². The third-order valence-electron chi connectivity index (χ3n) is 6.83. The number of nitrogens with two attached hydrogens (primary N) is 1. The van der Waals surface area contributed by atoms with Crippen LogP contribution in [0.3, 0.4) is 0 Å². The quantitative estimate of drug-likeness (QED) is 0.309. The summed E-state index contributed by atoms with van der Waals surface area (Å²) in [6, 6.07) is 6.95. The van der Waals surface area contributed by atoms with Crippen LogP contribution >= 0.6 is 11.6 Å². The minimum absolute atomic E-state index is 0.0708. The molecule has 3 unspecified atom stereocenters. The lowest BCUT2D eigenvalue weighted by molar-refractivity contribution is -0.181. The number of primary amides is 1. The van der Waals surface area contributed by atoms with Crippen LogP contribution in [0.1, 0.15) is 35.3 Å². The maximum absolute atomic E-state index is 15.3. The second-order valence-electron chi connectivity index (χ2n) is 9.84. The number of alkyl halides is 5. The van der Waals surface area contributed by atoms with Crippen molar-refractivity contribution < 1.29 is 45.4 Å². The highest BCUT2D eigenvalue weighted by Crippen LogP contribution is 2.42. The number of carbonyl (C=O) groups is 2. The van der Waals surface area contributed by atoms with Gasteiger partial charge < -0.3 is 20.5 Å². The first kappa shape index (κ1) is 31.9. The van der Waals surface area contributed by atoms with Gasteiger partial charge in [-0.15, -0.1) is 0 Å². The summed E-state index contributed by atoms with van der Waals surface area (Å²) in [5.41, 5.74) is 3.93. The normalized spacial score (nSPS) is 16.3. The van der Waals surface area contributed by atoms with Gasteiger partial charge in [-0.25, -0.2) is 4.39 Å². The number of ether oxygens (including phenoxy) is 2. The van der Waals surface area contributed by atoms with Crippen LogP contribution in [0, 0.1) is 11.7 Å². The molecule has 3 atom stereocenters. The molecule has 15 heteroatoms. The summed E-state index contributed by atoms with van der Waals surface area (Å²) < 4.78 is 93.2. The van der Waals surface area contributed by atoms with Gasteiger partial charge in [0.25, 0.3) is 5.56 Å². The Kier molecular flexibility index (Phi) is 9.40. The van der Waals surface area contributed by atoms with Crippen molar-refractivity contribution >= 4 is 29.1 Å². The Morgan fingerprint density at radius 3 is 2.47 bits per heavy atom. The Balaban J connectivity index is 1.81. The van der Waals surface area contributed by atoms with Crippen LogP contribution < -0.4 is 21.3 Å². The van der Waals surface area contributed by atoms with Gasteiger partial charge in [0.1, 0.15) is 24.2 Å². The van der Waals surface area contributed by atoms with Crippen LogP contribution in [0.15, 0.2) is 53.5 Å². The minimum atomic E-state index is -4.73. The van der Waals surface area contributed by atoms with Gasteiger partial charge in [-0.2, -0.15) is 22.0 Å². The Hall–Kier alpha value is -4.04. The van der Waals surface area contributed by atoms with Crippen molar-refractivity contribution in [1.82, 2.24) is 4.57 Å². The minimum Gasteiger partial charge on any atom is -0.491 e. The van der Waals surface area contributed by atoms with E-state index in [1.807, 2.05) is 0 Å². The van der Waals surface area contributed by atoms with Gasteiger partial charge in [0.15, 0.2) is 0 Å². The van der Waals surface area contributed by atoms with Crippen molar-refractivity contribution in [3.63, 3.8) is 0 Å². The Morgan fingerprint density at radius 2 is 1.86 bits per heavy atom. The summed E-state index contributed by atoms with van der Waals surface area (Å²) in [5.74, 6) is -5.12. The maximum atomic E-state index is 15.3. The van der Waals surface area contributed by atoms with Gasteiger partial charge in [0.05, 0.1) is 23.2 Å². The summed E-state index contributed by atoms with van der Waals surface area (Å²) in [6.45, 7) is -2.88. The van der Waals surface area contributed by atoms with Gasteiger partial charge in [0.2, 0.25) is 11.8 Å². The number of carbonyl (C=O) groups excluding carboxylic acids is 2. The van der Waals surface area contributed by atoms with Gasteiger partial charge in [-0.1, -0.05) is 17.7 Å². The van der Waals surface area contributed by atoms with Crippen molar-refractivity contribution in [1.29, 1.82) is 0 Å². The number of hydrogen-bond donors (Lipinski definition) is 2. The van der Waals surface area contributed by atoms with Gasteiger partial charge in [-0.05, 0) is 49.2 Å². The molecular weight excluding hydrogens is 608 g/mol. The van der Waals surface area contributed by atoms with Crippen LogP contribution in [0.25, 0.3) is 11.1 Å². The van der Waals surface area contributed by atoms with E-state index in [1.54, 1.807) is 0 Å². The van der Waals surface area contributed by atoms with E-state index in [0.29, 0.717) is 0 Å². The fourth-order valence-electron chi connectivity index (χ4n) is 4.70. The molecule has 0 fully saturated rings. The zero-order chi connectivity index (χ0) is 31.6. The first-order valence-electron chi connectivity index (χ1n) is 12.7. The molecule has 0 radical (unpaired) electrons. The molecule has 2 heterocycles. The Labute approximate surface area is 245 Å². The first-order chi connectivity index (χ1) is 20.1. The highest BCUT2D eigenvalue weighted by Gasteiger charge is 2.42. The third-order valence-corrected chi connectivity index (χ3v) is 7.12. The zero-order valence-electron chi connectivity index (χ0n) is 22.3. The fourth-order valence-corrected chi connectivity index (χ4v) is 4.85. The predicted octanol–water partition coefficient (Wildman–Crippen LogP) is 5.72. The largest absolute Gasteiger partial charge is 0.491 e. The van der Waals surface area contributed by atoms with Crippen molar-refractivity contribution in [2.45, 2.75) is 44.7 Å². The molecule has 3 N–H and O–H groups in total. The molecule has 1 aliphatic heterocycles. The molecular formula is C28H24ClF6N3O5. The molecule has 1 aliphatic rings. The Bertz CT molecular complexity index is 1580. The lowest BCUT2D eigenvalue weighted by atomic mass is 9.90. The number of rotatable bonds is 8. The van der Waals surface area contributed by atoms with Gasteiger partial charge in [-0.3, -0.25) is 19.0 Å². The van der Waals surface area contributed by atoms with E-state index in [2.05, 4.69) is 10.1 Å². The number of aromatic nitrogens is 1. The molecule has 43 heavy (non-hydrogen) atoms. The molecule has 2 amide bonds. The van der Waals surface area contributed by atoms with E-state index in [4.69, 9.17) is 22.1 Å². The standard InChI is InChI=1S/C28H24ClF6N3O5/c1-13(43-27(31)32)8-20(26(41)37-17-5-2-14(3-6-17)25(36)40)38-11-21-18(10-22(38)39)23-15(4-7-19(29)24(23)30)9-16(12-42-21)28(33,34)35/h2-7,10-11,13,16,20,27H,8-9,12H2,1H3,(H2,36,40)(H,37,41). The molecule has 0 bridgehead atoms. The number of nitrogens with one attached hydrogen (secondary N) is 1. The topological polar surface area (TPSA) is 113 Å². The maximum Gasteiger partial charge on any atom is 0.395 e. The number of pyridine rings is 1. The van der Waals surface area contributed by atoms with Crippen molar-refractivity contribution in [3.8, 4) is 16.9 Å². The van der Waals surface area contributed by atoms with Gasteiger partial charge >= 0.3 is 12.8 Å². The van der Waals surface area contributed by atoms with E-state index >= 15 is 4.39 Å². The number of anilines is 1. The van der Waals surface area contributed by atoms with Crippen LogP contribution in [0.2, 0.25) is 5.02 Å². The average molecular weight is 632 g/mol. The average Bonchev–Trinajstić information content (AvgIpc) is 2.90. The molecule has 1 aromatic heterocycles. The van der Waals surface area contributed by atoms with E-state index in [0.717, 1.165) is 22.9 Å². The highest BCUT2D eigenvalue weighted by molar-refractivity contribution is 6.31. The lowest BCUT2D eigenvalue weighted by Gasteiger charge is -2.28. The smallest absolute Gasteiger partial charge is 0.395 e. The summed E-state index contributed by atoms with van der Waals surface area (Å²) in [7, 11) is 0. The number of hydrogen-bond acceptors (Lipinski definition) is 5. The van der Waals surface area contributed by atoms with Crippen molar-refractivity contribution in [3.05, 3.63) is 81.0 Å². The molecule has 4 rings (SSSR count). The molecule has 0 saturated heterocycles. The molecule has 8 nitrogen and oxygen atoms in total. The second-order valence-corrected chi connectivity index (χ2v) is 10.2. The fraction of sp³-hybridized carbons (Fsp3) is 0.321. The zero-order valence-corrected chi connectivity index (χ0v) is 23.0. The molecule has 2 aromatic carbocycles. The lowest BCUT2D eigenvalue weighted by Crippen LogP contribution is -2.36. The third kappa shape index (κ3) is 7.31. The van der Waals surface area contributed by atoms with Crippen molar-refractivity contribution in [2.75, 3.05) is 11.9 Å². The highest BCUT2D eigenvalue weighted by atomic mass is 35.5. The van der Waals surface area contributed by atoms with Gasteiger partial charge in [0, 0.05) is 34.9 Å². The monoisotopic (exact) mass is 631 g/mol. The molecule has 0 spiro atoms. The van der Waals surface area contributed by atoms with Crippen LogP contribution in [0.4, 0.5) is 32.0 Å². The molecule has 0 saturated carbocycles.